The lowest BCUT2D eigenvalue weighted by atomic mass is 10.1. The van der Waals surface area contributed by atoms with E-state index in [9.17, 15) is 4.79 Å². The van der Waals surface area contributed by atoms with E-state index in [2.05, 4.69) is 20.8 Å². The van der Waals surface area contributed by atoms with Crippen LogP contribution in [0.25, 0.3) is 11.0 Å². The number of benzene rings is 2. The Morgan fingerprint density at radius 3 is 2.78 bits per heavy atom. The Morgan fingerprint density at radius 2 is 1.96 bits per heavy atom. The van der Waals surface area contributed by atoms with Gasteiger partial charge in [-0.1, -0.05) is 47.1 Å². The van der Waals surface area contributed by atoms with Crippen molar-refractivity contribution in [1.82, 2.24) is 20.4 Å². The molecular formula is C16H14ClN5O. The van der Waals surface area contributed by atoms with Gasteiger partial charge in [-0.25, -0.2) is 10.1 Å². The Bertz CT molecular complexity index is 887. The lowest BCUT2D eigenvalue weighted by molar-refractivity contribution is -0.121. The van der Waals surface area contributed by atoms with E-state index in [4.69, 9.17) is 11.6 Å². The lowest BCUT2D eigenvalue weighted by Crippen LogP contribution is -2.24. The van der Waals surface area contributed by atoms with Crippen molar-refractivity contribution in [3.05, 3.63) is 59.1 Å². The first-order chi connectivity index (χ1) is 11.1. The number of carbonyl (C=O) groups excluding carboxylic acids is 1. The van der Waals surface area contributed by atoms with E-state index in [1.54, 1.807) is 13.0 Å². The molecule has 7 heteroatoms. The lowest BCUT2D eigenvalue weighted by Gasteiger charge is -2.05. The van der Waals surface area contributed by atoms with Gasteiger partial charge in [0.05, 0.1) is 11.2 Å². The van der Waals surface area contributed by atoms with E-state index in [1.807, 2.05) is 42.5 Å². The number of halogens is 1. The number of para-hydroxylation sites is 1. The molecule has 0 radical (unpaired) electrons. The Kier molecular flexibility index (Phi) is 4.34. The number of aromatic nitrogens is 3. The van der Waals surface area contributed by atoms with Crippen molar-refractivity contribution in [2.45, 2.75) is 13.5 Å². The fourth-order valence-electron chi connectivity index (χ4n) is 2.17. The molecule has 0 saturated carbocycles. The van der Waals surface area contributed by atoms with Gasteiger partial charge in [0.1, 0.15) is 12.1 Å². The summed E-state index contributed by atoms with van der Waals surface area (Å²) in [6.45, 7) is 1.83. The van der Waals surface area contributed by atoms with Gasteiger partial charge in [-0.2, -0.15) is 5.10 Å². The number of amides is 1. The molecule has 0 aliphatic rings. The molecule has 1 heterocycles. The molecule has 0 aliphatic carbocycles. The fourth-order valence-corrected chi connectivity index (χ4v) is 2.44. The molecule has 0 aliphatic heterocycles. The Morgan fingerprint density at radius 1 is 1.22 bits per heavy atom. The van der Waals surface area contributed by atoms with Crippen LogP contribution in [0, 0.1) is 0 Å². The summed E-state index contributed by atoms with van der Waals surface area (Å²) < 4.78 is 1.53. The molecule has 0 bridgehead atoms. The topological polar surface area (TPSA) is 72.2 Å². The van der Waals surface area contributed by atoms with Crippen LogP contribution < -0.4 is 5.43 Å². The molecule has 2 aromatic carbocycles. The first-order valence-corrected chi connectivity index (χ1v) is 7.39. The zero-order valence-electron chi connectivity index (χ0n) is 12.4. The highest BCUT2D eigenvalue weighted by Gasteiger charge is 2.08. The van der Waals surface area contributed by atoms with Gasteiger partial charge in [0.25, 0.3) is 5.91 Å². The summed E-state index contributed by atoms with van der Waals surface area (Å²) in [6, 6.07) is 14.8. The van der Waals surface area contributed by atoms with Crippen LogP contribution >= 0.6 is 11.6 Å². The molecule has 0 spiro atoms. The molecule has 0 unspecified atom stereocenters. The van der Waals surface area contributed by atoms with Gasteiger partial charge in [-0.15, -0.1) is 5.10 Å². The van der Waals surface area contributed by atoms with Gasteiger partial charge < -0.3 is 0 Å². The van der Waals surface area contributed by atoms with Gasteiger partial charge >= 0.3 is 0 Å². The zero-order chi connectivity index (χ0) is 16.2. The van der Waals surface area contributed by atoms with E-state index >= 15 is 0 Å². The molecular weight excluding hydrogens is 314 g/mol. The number of nitrogens with zero attached hydrogens (tertiary/aromatic N) is 4. The van der Waals surface area contributed by atoms with E-state index in [0.29, 0.717) is 10.7 Å². The average Bonchev–Trinajstić information content (AvgIpc) is 2.96. The smallest absolute Gasteiger partial charge is 0.261 e. The minimum atomic E-state index is -0.285. The van der Waals surface area contributed by atoms with Crippen LogP contribution in [0.5, 0.6) is 0 Å². The van der Waals surface area contributed by atoms with Gasteiger partial charge in [-0.05, 0) is 25.1 Å². The molecule has 0 saturated heterocycles. The fraction of sp³-hybridized carbons (Fsp3) is 0.125. The molecule has 3 rings (SSSR count). The Balaban J connectivity index is 1.70. The minimum Gasteiger partial charge on any atom is -0.271 e. The third-order valence-corrected chi connectivity index (χ3v) is 3.66. The average molecular weight is 328 g/mol. The summed E-state index contributed by atoms with van der Waals surface area (Å²) >= 11 is 6.10. The van der Waals surface area contributed by atoms with Crippen LogP contribution in [-0.4, -0.2) is 26.6 Å². The van der Waals surface area contributed by atoms with Gasteiger partial charge in [0.2, 0.25) is 0 Å². The van der Waals surface area contributed by atoms with Crippen molar-refractivity contribution in [1.29, 1.82) is 0 Å². The van der Waals surface area contributed by atoms with Crippen LogP contribution in [0.3, 0.4) is 0 Å². The van der Waals surface area contributed by atoms with Crippen molar-refractivity contribution in [3.63, 3.8) is 0 Å². The number of hydrogen-bond donors (Lipinski definition) is 1. The number of fused-ring (bicyclic) bond motifs is 1. The quantitative estimate of drug-likeness (QED) is 0.591. The van der Waals surface area contributed by atoms with E-state index < -0.39 is 0 Å². The predicted octanol–water partition coefficient (Wildman–Crippen LogP) is 2.63. The standard InChI is InChI=1S/C16H14ClN5O/c1-11(12-6-2-3-7-13(12)17)18-20-16(23)10-22-15-9-5-4-8-14(15)19-21-22/h2-9H,10H2,1H3,(H,20,23)/b18-11-. The SMILES string of the molecule is C/C(=N/NC(=O)Cn1nnc2ccccc21)c1ccccc1Cl. The van der Waals surface area contributed by atoms with Crippen molar-refractivity contribution in [3.8, 4) is 0 Å². The van der Waals surface area contributed by atoms with Gasteiger partial charge in [0.15, 0.2) is 0 Å². The van der Waals surface area contributed by atoms with Gasteiger partial charge in [0, 0.05) is 10.6 Å². The second-order valence-electron chi connectivity index (χ2n) is 4.95. The van der Waals surface area contributed by atoms with Crippen molar-refractivity contribution >= 4 is 34.3 Å². The number of hydrogen-bond acceptors (Lipinski definition) is 4. The molecule has 0 fully saturated rings. The summed E-state index contributed by atoms with van der Waals surface area (Å²) in [7, 11) is 0. The highest BCUT2D eigenvalue weighted by molar-refractivity contribution is 6.34. The van der Waals surface area contributed by atoms with E-state index in [0.717, 1.165) is 16.6 Å². The summed E-state index contributed by atoms with van der Waals surface area (Å²) in [6.07, 6.45) is 0. The first-order valence-electron chi connectivity index (χ1n) is 7.01. The minimum absolute atomic E-state index is 0.0415. The normalized spacial score (nSPS) is 11.7. The van der Waals surface area contributed by atoms with Gasteiger partial charge in [-0.3, -0.25) is 4.79 Å². The van der Waals surface area contributed by atoms with Crippen LogP contribution in [0.4, 0.5) is 0 Å². The highest BCUT2D eigenvalue weighted by atomic mass is 35.5. The summed E-state index contributed by atoms with van der Waals surface area (Å²) in [5, 5.41) is 12.7. The summed E-state index contributed by atoms with van der Waals surface area (Å²) in [5.74, 6) is -0.285. The van der Waals surface area contributed by atoms with E-state index in [1.165, 1.54) is 4.68 Å². The highest BCUT2D eigenvalue weighted by Crippen LogP contribution is 2.15. The molecule has 0 atom stereocenters. The largest absolute Gasteiger partial charge is 0.271 e. The van der Waals surface area contributed by atoms with Crippen molar-refractivity contribution in [2.24, 2.45) is 5.10 Å². The maximum absolute atomic E-state index is 12.0. The second-order valence-corrected chi connectivity index (χ2v) is 5.36. The van der Waals surface area contributed by atoms with Crippen molar-refractivity contribution < 1.29 is 4.79 Å². The first kappa shape index (κ1) is 15.2. The molecule has 116 valence electrons. The number of rotatable bonds is 4. The monoisotopic (exact) mass is 327 g/mol. The molecule has 23 heavy (non-hydrogen) atoms. The van der Waals surface area contributed by atoms with E-state index in [-0.39, 0.29) is 12.5 Å². The van der Waals surface area contributed by atoms with Crippen LogP contribution in [0.15, 0.2) is 53.6 Å². The number of nitrogens with one attached hydrogen (secondary N) is 1. The Hall–Kier alpha value is -2.73. The molecule has 1 amide bonds. The molecule has 6 nitrogen and oxygen atoms in total. The summed E-state index contributed by atoms with van der Waals surface area (Å²) in [4.78, 5) is 12.0. The van der Waals surface area contributed by atoms with Crippen LogP contribution in [0.2, 0.25) is 5.02 Å². The molecule has 3 aromatic rings. The van der Waals surface area contributed by atoms with Crippen LogP contribution in [-0.2, 0) is 11.3 Å². The predicted molar refractivity (Wildman–Crippen MR) is 89.3 cm³/mol. The number of hydrazone groups is 1. The third kappa shape index (κ3) is 3.37. The maximum atomic E-state index is 12.0. The molecule has 1 N–H and O–H groups in total. The number of carbonyl (C=O) groups is 1. The Labute approximate surface area is 137 Å². The van der Waals surface area contributed by atoms with Crippen molar-refractivity contribution in [2.75, 3.05) is 0 Å². The second kappa shape index (κ2) is 6.58. The zero-order valence-corrected chi connectivity index (χ0v) is 13.2. The molecule has 1 aromatic heterocycles. The maximum Gasteiger partial charge on any atom is 0.261 e. The van der Waals surface area contributed by atoms with Crippen LogP contribution in [0.1, 0.15) is 12.5 Å². The third-order valence-electron chi connectivity index (χ3n) is 3.33. The summed E-state index contributed by atoms with van der Waals surface area (Å²) in [5.41, 5.74) is 5.47.